The Bertz CT molecular complexity index is 614. The first-order chi connectivity index (χ1) is 9.64. The van der Waals surface area contributed by atoms with Crippen LogP contribution < -0.4 is 4.74 Å². The number of hydrogen-bond acceptors (Lipinski definition) is 5. The average molecular weight is 466 g/mol. The van der Waals surface area contributed by atoms with E-state index < -0.39 is 14.0 Å². The van der Waals surface area contributed by atoms with E-state index >= 15 is 0 Å². The number of nitro groups is 1. The lowest BCUT2D eigenvalue weighted by Crippen LogP contribution is -2.19. The van der Waals surface area contributed by atoms with E-state index in [-0.39, 0.29) is 24.0 Å². The van der Waals surface area contributed by atoms with E-state index in [1.165, 1.54) is 12.1 Å². The van der Waals surface area contributed by atoms with Crippen molar-refractivity contribution in [3.63, 3.8) is 0 Å². The summed E-state index contributed by atoms with van der Waals surface area (Å²) in [5.74, 6) is -0.0692. The van der Waals surface area contributed by atoms with Crippen molar-refractivity contribution in [2.45, 2.75) is 13.3 Å². The topological polar surface area (TPSA) is 86.5 Å². The fourth-order valence-corrected chi connectivity index (χ4v) is 4.38. The Morgan fingerprint density at radius 1 is 1.38 bits per heavy atom. The number of hydrogen-bond donors (Lipinski definition) is 0. The molecule has 10 heteroatoms. The molecule has 118 valence electrons. The van der Waals surface area contributed by atoms with Crippen LogP contribution in [0.5, 0.6) is 5.75 Å². The van der Waals surface area contributed by atoms with Crippen molar-refractivity contribution in [1.29, 1.82) is 0 Å². The Morgan fingerprint density at radius 2 is 1.90 bits per heavy atom. The Balaban J connectivity index is 2.86. The molecule has 1 rings (SSSR count). The van der Waals surface area contributed by atoms with Gasteiger partial charge in [0, 0.05) is 28.7 Å². The summed E-state index contributed by atoms with van der Waals surface area (Å²) in [4.78, 5) is 10.2. The molecule has 0 aliphatic carbocycles. The maximum Gasteiger partial charge on any atom is 0.271 e. The third-order valence-electron chi connectivity index (χ3n) is 2.67. The summed E-state index contributed by atoms with van der Waals surface area (Å²) in [7, 11) is 1.63. The molecular weight excluding hydrogens is 453 g/mol. The maximum atomic E-state index is 11.1. The largest absolute Gasteiger partial charge is 0.491 e. The van der Waals surface area contributed by atoms with Gasteiger partial charge in [0.1, 0.15) is 5.75 Å². The first-order valence-corrected chi connectivity index (χ1v) is 9.89. The molecule has 1 aromatic rings. The van der Waals surface area contributed by atoms with Gasteiger partial charge in [-0.3, -0.25) is 10.1 Å². The monoisotopic (exact) mass is 463 g/mol. The van der Waals surface area contributed by atoms with Crippen LogP contribution >= 0.6 is 42.5 Å². The molecule has 0 aliphatic heterocycles. The van der Waals surface area contributed by atoms with Crippen molar-refractivity contribution in [3.05, 3.63) is 31.2 Å². The number of nitro benzene ring substituents is 1. The van der Waals surface area contributed by atoms with E-state index in [2.05, 4.69) is 31.9 Å². The molecule has 0 bridgehead atoms. The molecule has 0 aromatic heterocycles. The predicted molar refractivity (Wildman–Crippen MR) is 87.4 cm³/mol. The second-order valence-electron chi connectivity index (χ2n) is 4.29. The van der Waals surface area contributed by atoms with Crippen LogP contribution in [0, 0.1) is 16.0 Å². The molecule has 6 nitrogen and oxygen atoms in total. The van der Waals surface area contributed by atoms with Crippen molar-refractivity contribution in [3.8, 4) is 5.75 Å². The second-order valence-corrected chi connectivity index (χ2v) is 8.82. The minimum atomic E-state index is -3.60. The van der Waals surface area contributed by atoms with Gasteiger partial charge in [0.25, 0.3) is 5.69 Å². The molecule has 0 aliphatic rings. The average Bonchev–Trinajstić information content (AvgIpc) is 2.34. The summed E-state index contributed by atoms with van der Waals surface area (Å²) in [6.45, 7) is 1.97. The van der Waals surface area contributed by atoms with E-state index in [1.807, 2.05) is 6.92 Å². The highest BCUT2D eigenvalue weighted by Crippen LogP contribution is 2.37. The highest BCUT2D eigenvalue weighted by molar-refractivity contribution is 9.11. The number of ether oxygens (including phenoxy) is 1. The van der Waals surface area contributed by atoms with Gasteiger partial charge in [-0.25, -0.2) is 8.42 Å². The SMILES string of the molecule is CCC(COc1c(Br)cc([N+](=O)[O-])cc1Br)CS(=O)(=O)Cl. The summed E-state index contributed by atoms with van der Waals surface area (Å²) in [6, 6.07) is 2.64. The van der Waals surface area contributed by atoms with E-state index in [4.69, 9.17) is 15.4 Å². The first-order valence-electron chi connectivity index (χ1n) is 5.82. The molecule has 0 heterocycles. The van der Waals surface area contributed by atoms with Crippen LogP contribution in [0.3, 0.4) is 0 Å². The first kappa shape index (κ1) is 18.7. The lowest BCUT2D eigenvalue weighted by atomic mass is 10.1. The van der Waals surface area contributed by atoms with Crippen molar-refractivity contribution in [2.24, 2.45) is 5.92 Å². The third kappa shape index (κ3) is 6.09. The summed E-state index contributed by atoms with van der Waals surface area (Å²) in [5, 5.41) is 10.7. The fourth-order valence-electron chi connectivity index (χ4n) is 1.56. The minimum absolute atomic E-state index is 0.0866. The molecule has 1 atom stereocenters. The highest BCUT2D eigenvalue weighted by Gasteiger charge is 2.19. The molecule has 0 radical (unpaired) electrons. The normalized spacial score (nSPS) is 13.0. The maximum absolute atomic E-state index is 11.1. The summed E-state index contributed by atoms with van der Waals surface area (Å²) < 4.78 is 28.5. The van der Waals surface area contributed by atoms with Gasteiger partial charge in [0.05, 0.1) is 26.2 Å². The standard InChI is InChI=1S/C11H12Br2ClNO5S/c1-2-7(6-21(14,18)19)5-20-11-9(12)3-8(15(16)17)4-10(11)13/h3-4,7H,2,5-6H2,1H3. The molecule has 0 saturated carbocycles. The number of nitrogens with zero attached hydrogens (tertiary/aromatic N) is 1. The van der Waals surface area contributed by atoms with Crippen LogP contribution in [-0.4, -0.2) is 25.7 Å². The number of halogens is 3. The van der Waals surface area contributed by atoms with Crippen LogP contribution in [0.2, 0.25) is 0 Å². The molecule has 1 aromatic carbocycles. The van der Waals surface area contributed by atoms with E-state index in [9.17, 15) is 18.5 Å². The van der Waals surface area contributed by atoms with Crippen molar-refractivity contribution in [1.82, 2.24) is 0 Å². The zero-order valence-corrected chi connectivity index (χ0v) is 15.6. The molecule has 0 spiro atoms. The van der Waals surface area contributed by atoms with Gasteiger partial charge in [-0.05, 0) is 38.3 Å². The molecule has 1 unspecified atom stereocenters. The third-order valence-corrected chi connectivity index (χ3v) is 5.09. The lowest BCUT2D eigenvalue weighted by molar-refractivity contribution is -0.385. The van der Waals surface area contributed by atoms with Gasteiger partial charge in [-0.2, -0.15) is 0 Å². The quantitative estimate of drug-likeness (QED) is 0.344. The van der Waals surface area contributed by atoms with E-state index in [1.54, 1.807) is 0 Å². The van der Waals surface area contributed by atoms with Gasteiger partial charge in [-0.15, -0.1) is 0 Å². The van der Waals surface area contributed by atoms with Crippen LogP contribution in [0.15, 0.2) is 21.1 Å². The molecule has 0 fully saturated rings. The number of benzene rings is 1. The fraction of sp³-hybridized carbons (Fsp3) is 0.455. The summed E-state index contributed by atoms with van der Waals surface area (Å²) in [6.07, 6.45) is 0.578. The van der Waals surface area contributed by atoms with E-state index in [0.29, 0.717) is 21.1 Å². The molecule has 0 saturated heterocycles. The molecule has 21 heavy (non-hydrogen) atoms. The van der Waals surface area contributed by atoms with Crippen LogP contribution in [-0.2, 0) is 9.05 Å². The lowest BCUT2D eigenvalue weighted by Gasteiger charge is -2.16. The molecular formula is C11H12Br2ClNO5S. The predicted octanol–water partition coefficient (Wildman–Crippen LogP) is 4.09. The highest BCUT2D eigenvalue weighted by atomic mass is 79.9. The number of non-ortho nitro benzene ring substituents is 1. The van der Waals surface area contributed by atoms with Crippen molar-refractivity contribution >= 4 is 57.3 Å². The number of rotatable bonds is 7. The van der Waals surface area contributed by atoms with Gasteiger partial charge in [-0.1, -0.05) is 6.92 Å². The van der Waals surface area contributed by atoms with Crippen molar-refractivity contribution < 1.29 is 18.1 Å². The van der Waals surface area contributed by atoms with Gasteiger partial charge in [0.15, 0.2) is 0 Å². The molecule has 0 N–H and O–H groups in total. The Kier molecular flexibility index (Phi) is 6.89. The van der Waals surface area contributed by atoms with Gasteiger partial charge in [0.2, 0.25) is 9.05 Å². The zero-order valence-electron chi connectivity index (χ0n) is 10.9. The van der Waals surface area contributed by atoms with Gasteiger partial charge < -0.3 is 4.74 Å². The molecule has 0 amide bonds. The smallest absolute Gasteiger partial charge is 0.271 e. The summed E-state index contributed by atoms with van der Waals surface area (Å²) >= 11 is 6.39. The second kappa shape index (κ2) is 7.75. The minimum Gasteiger partial charge on any atom is -0.491 e. The Morgan fingerprint density at radius 3 is 2.29 bits per heavy atom. The van der Waals surface area contributed by atoms with Crippen molar-refractivity contribution in [2.75, 3.05) is 12.4 Å². The Labute approximate surface area is 143 Å². The zero-order chi connectivity index (χ0) is 16.2. The summed E-state index contributed by atoms with van der Waals surface area (Å²) in [5.41, 5.74) is -0.0866. The van der Waals surface area contributed by atoms with Crippen LogP contribution in [0.4, 0.5) is 5.69 Å². The van der Waals surface area contributed by atoms with E-state index in [0.717, 1.165) is 0 Å². The van der Waals surface area contributed by atoms with Crippen LogP contribution in [0.25, 0.3) is 0 Å². The Hall–Kier alpha value is -0.380. The van der Waals surface area contributed by atoms with Crippen LogP contribution in [0.1, 0.15) is 13.3 Å². The van der Waals surface area contributed by atoms with Gasteiger partial charge >= 0.3 is 0 Å².